The normalized spacial score (nSPS) is 10.7. The molecule has 0 amide bonds. The molecule has 0 saturated carbocycles. The van der Waals surface area contributed by atoms with Gasteiger partial charge in [-0.05, 0) is 43.3 Å². The summed E-state index contributed by atoms with van der Waals surface area (Å²) in [7, 11) is 0. The number of hydrogen-bond acceptors (Lipinski definition) is 2. The summed E-state index contributed by atoms with van der Waals surface area (Å²) in [5.74, 6) is 0.871. The molecule has 2 nitrogen and oxygen atoms in total. The first kappa shape index (κ1) is 16.1. The quantitative estimate of drug-likeness (QED) is 0.715. The van der Waals surface area contributed by atoms with E-state index in [2.05, 4.69) is 12.2 Å². The van der Waals surface area contributed by atoms with Crippen molar-refractivity contribution in [1.82, 2.24) is 5.32 Å². The minimum Gasteiger partial charge on any atom is -0.457 e. The van der Waals surface area contributed by atoms with Gasteiger partial charge in [0.25, 0.3) is 0 Å². The highest BCUT2D eigenvalue weighted by atomic mass is 35.5. The van der Waals surface area contributed by atoms with E-state index in [1.54, 1.807) is 24.3 Å². The lowest BCUT2D eigenvalue weighted by molar-refractivity contribution is 0.470. The van der Waals surface area contributed by atoms with Crippen molar-refractivity contribution in [1.29, 1.82) is 0 Å². The predicted molar refractivity (Wildman–Crippen MR) is 84.9 cm³/mol. The molecule has 5 heteroatoms. The zero-order valence-corrected chi connectivity index (χ0v) is 13.1. The topological polar surface area (TPSA) is 21.3 Å². The van der Waals surface area contributed by atoms with Crippen molar-refractivity contribution in [2.45, 2.75) is 19.9 Å². The summed E-state index contributed by atoms with van der Waals surface area (Å²) in [6.07, 6.45) is 1.01. The van der Waals surface area contributed by atoms with E-state index >= 15 is 0 Å². The van der Waals surface area contributed by atoms with E-state index in [1.165, 1.54) is 12.1 Å². The van der Waals surface area contributed by atoms with E-state index in [0.29, 0.717) is 28.1 Å². The van der Waals surface area contributed by atoms with E-state index in [9.17, 15) is 4.39 Å². The van der Waals surface area contributed by atoms with Gasteiger partial charge in [0.1, 0.15) is 17.3 Å². The second kappa shape index (κ2) is 7.64. The Hall–Kier alpha value is -1.29. The lowest BCUT2D eigenvalue weighted by atomic mass is 10.2. The van der Waals surface area contributed by atoms with E-state index in [4.69, 9.17) is 27.9 Å². The zero-order valence-electron chi connectivity index (χ0n) is 11.6. The molecule has 0 bridgehead atoms. The molecule has 0 unspecified atom stereocenters. The smallest absolute Gasteiger partial charge is 0.132 e. The molecule has 0 radical (unpaired) electrons. The Balaban J connectivity index is 2.19. The molecule has 0 aliphatic carbocycles. The Morgan fingerprint density at radius 1 is 1.10 bits per heavy atom. The monoisotopic (exact) mass is 327 g/mol. The molecule has 0 fully saturated rings. The maximum Gasteiger partial charge on any atom is 0.132 e. The van der Waals surface area contributed by atoms with Crippen LogP contribution in [0.4, 0.5) is 4.39 Å². The van der Waals surface area contributed by atoms with Gasteiger partial charge < -0.3 is 10.1 Å². The molecule has 0 aromatic heterocycles. The highest BCUT2D eigenvalue weighted by Gasteiger charge is 2.08. The molecule has 0 atom stereocenters. The second-order valence-electron chi connectivity index (χ2n) is 4.61. The first-order valence-corrected chi connectivity index (χ1v) is 7.47. The summed E-state index contributed by atoms with van der Waals surface area (Å²) in [5.41, 5.74) is 0.759. The molecule has 2 aromatic carbocycles. The molecular weight excluding hydrogens is 312 g/mol. The van der Waals surface area contributed by atoms with Gasteiger partial charge in [-0.25, -0.2) is 4.39 Å². The van der Waals surface area contributed by atoms with E-state index in [0.717, 1.165) is 18.5 Å². The molecule has 2 aromatic rings. The fourth-order valence-electron chi connectivity index (χ4n) is 1.85. The van der Waals surface area contributed by atoms with Crippen LogP contribution in [-0.4, -0.2) is 6.54 Å². The zero-order chi connectivity index (χ0) is 15.2. The summed E-state index contributed by atoms with van der Waals surface area (Å²) in [6, 6.07) is 9.47. The predicted octanol–water partition coefficient (Wildman–Crippen LogP) is 5.42. The molecule has 21 heavy (non-hydrogen) atoms. The van der Waals surface area contributed by atoms with E-state index < -0.39 is 0 Å². The van der Waals surface area contributed by atoms with Gasteiger partial charge in [-0.15, -0.1) is 0 Å². The molecule has 112 valence electrons. The van der Waals surface area contributed by atoms with Gasteiger partial charge >= 0.3 is 0 Å². The highest BCUT2D eigenvalue weighted by Crippen LogP contribution is 2.31. The first-order chi connectivity index (χ1) is 10.1. The Morgan fingerprint density at radius 2 is 1.90 bits per heavy atom. The number of nitrogens with one attached hydrogen (secondary N) is 1. The van der Waals surface area contributed by atoms with E-state index in [-0.39, 0.29) is 5.82 Å². The molecular formula is C16H16Cl2FNO. The summed E-state index contributed by atoms with van der Waals surface area (Å²) in [4.78, 5) is 0. The average molecular weight is 328 g/mol. The Kier molecular flexibility index (Phi) is 5.85. The maximum absolute atomic E-state index is 13.4. The lowest BCUT2D eigenvalue weighted by Crippen LogP contribution is -2.14. The standard InChI is InChI=1S/C16H16Cl2FNO/c1-2-7-20-10-11-8-12(19)3-6-16(11)21-13-4-5-14(17)15(18)9-13/h3-6,8-9,20H,2,7,10H2,1H3. The van der Waals surface area contributed by atoms with Gasteiger partial charge in [0.2, 0.25) is 0 Å². The van der Waals surface area contributed by atoms with Crippen LogP contribution in [0.15, 0.2) is 36.4 Å². The van der Waals surface area contributed by atoms with Crippen molar-refractivity contribution in [3.8, 4) is 11.5 Å². The largest absolute Gasteiger partial charge is 0.457 e. The number of benzene rings is 2. The van der Waals surface area contributed by atoms with Crippen molar-refractivity contribution < 1.29 is 9.13 Å². The summed E-state index contributed by atoms with van der Waals surface area (Å²) in [6.45, 7) is 3.48. The third kappa shape index (κ3) is 4.60. The molecule has 0 heterocycles. The van der Waals surface area contributed by atoms with Crippen molar-refractivity contribution in [3.63, 3.8) is 0 Å². The highest BCUT2D eigenvalue weighted by molar-refractivity contribution is 6.42. The number of hydrogen-bond donors (Lipinski definition) is 1. The SMILES string of the molecule is CCCNCc1cc(F)ccc1Oc1ccc(Cl)c(Cl)c1. The molecule has 1 N–H and O–H groups in total. The maximum atomic E-state index is 13.4. The minimum absolute atomic E-state index is 0.287. The lowest BCUT2D eigenvalue weighted by Gasteiger charge is -2.12. The molecule has 0 spiro atoms. The number of ether oxygens (including phenoxy) is 1. The van der Waals surface area contributed by atoms with Crippen molar-refractivity contribution in [2.75, 3.05) is 6.54 Å². The van der Waals surface area contributed by atoms with Crippen LogP contribution in [0.3, 0.4) is 0 Å². The fraction of sp³-hybridized carbons (Fsp3) is 0.250. The van der Waals surface area contributed by atoms with E-state index in [1.807, 2.05) is 0 Å². The average Bonchev–Trinajstić information content (AvgIpc) is 2.46. The molecule has 0 aliphatic rings. The summed E-state index contributed by atoms with van der Waals surface area (Å²) >= 11 is 11.8. The van der Waals surface area contributed by atoms with Crippen LogP contribution in [0.25, 0.3) is 0 Å². The summed E-state index contributed by atoms with van der Waals surface area (Å²) in [5, 5.41) is 4.12. The summed E-state index contributed by atoms with van der Waals surface area (Å²) < 4.78 is 19.2. The third-order valence-electron chi connectivity index (χ3n) is 2.88. The van der Waals surface area contributed by atoms with Gasteiger partial charge in [0.15, 0.2) is 0 Å². The molecule has 2 rings (SSSR count). The Morgan fingerprint density at radius 3 is 2.62 bits per heavy atom. The second-order valence-corrected chi connectivity index (χ2v) is 5.42. The van der Waals surface area contributed by atoms with Gasteiger partial charge in [0.05, 0.1) is 10.0 Å². The van der Waals surface area contributed by atoms with Crippen LogP contribution in [-0.2, 0) is 6.54 Å². The van der Waals surface area contributed by atoms with Crippen molar-refractivity contribution in [2.24, 2.45) is 0 Å². The molecule has 0 aliphatic heterocycles. The van der Waals surface area contributed by atoms with Crippen LogP contribution in [0, 0.1) is 5.82 Å². The van der Waals surface area contributed by atoms with Gasteiger partial charge in [-0.1, -0.05) is 30.1 Å². The van der Waals surface area contributed by atoms with Crippen molar-refractivity contribution in [3.05, 3.63) is 57.8 Å². The van der Waals surface area contributed by atoms with Crippen LogP contribution < -0.4 is 10.1 Å². The first-order valence-electron chi connectivity index (χ1n) is 6.72. The van der Waals surface area contributed by atoms with Crippen LogP contribution in [0.2, 0.25) is 10.0 Å². The van der Waals surface area contributed by atoms with Crippen LogP contribution in [0.1, 0.15) is 18.9 Å². The number of rotatable bonds is 6. The minimum atomic E-state index is -0.287. The third-order valence-corrected chi connectivity index (χ3v) is 3.62. The van der Waals surface area contributed by atoms with Crippen LogP contribution in [0.5, 0.6) is 11.5 Å². The van der Waals surface area contributed by atoms with Gasteiger partial charge in [0, 0.05) is 18.2 Å². The van der Waals surface area contributed by atoms with Crippen molar-refractivity contribution >= 4 is 23.2 Å². The number of halogens is 3. The van der Waals surface area contributed by atoms with Gasteiger partial charge in [-0.3, -0.25) is 0 Å². The van der Waals surface area contributed by atoms with Crippen LogP contribution >= 0.6 is 23.2 Å². The Bertz CT molecular complexity index is 619. The Labute approximate surface area is 133 Å². The fourth-order valence-corrected chi connectivity index (χ4v) is 2.14. The van der Waals surface area contributed by atoms with Gasteiger partial charge in [-0.2, -0.15) is 0 Å². The molecule has 0 saturated heterocycles.